The quantitative estimate of drug-likeness (QED) is 0.777. The van der Waals surface area contributed by atoms with E-state index in [1.807, 2.05) is 12.1 Å². The monoisotopic (exact) mass is 432 g/mol. The van der Waals surface area contributed by atoms with Crippen molar-refractivity contribution in [2.45, 2.75) is 44.1 Å². The lowest BCUT2D eigenvalue weighted by atomic mass is 9.79. The molecular formula is C23H33ClN4O2. The predicted molar refractivity (Wildman–Crippen MR) is 120 cm³/mol. The Morgan fingerprint density at radius 3 is 2.43 bits per heavy atom. The second-order valence-electron chi connectivity index (χ2n) is 9.17. The number of piperazine rings is 1. The van der Waals surface area contributed by atoms with Crippen molar-refractivity contribution in [2.75, 3.05) is 51.2 Å². The molecule has 3 fully saturated rings. The highest BCUT2D eigenvalue weighted by molar-refractivity contribution is 6.30. The van der Waals surface area contributed by atoms with Gasteiger partial charge in [-0.2, -0.15) is 0 Å². The van der Waals surface area contributed by atoms with Crippen molar-refractivity contribution < 1.29 is 9.59 Å². The summed E-state index contributed by atoms with van der Waals surface area (Å²) in [5.74, 6) is -0.274. The summed E-state index contributed by atoms with van der Waals surface area (Å²) in [5.41, 5.74) is 0.883. The largest absolute Gasteiger partial charge is 0.354 e. The second-order valence-corrected chi connectivity index (χ2v) is 9.61. The number of amides is 2. The summed E-state index contributed by atoms with van der Waals surface area (Å²) in [6.45, 7) is 5.44. The molecule has 30 heavy (non-hydrogen) atoms. The summed E-state index contributed by atoms with van der Waals surface area (Å²) >= 11 is 5.96. The topological polar surface area (TPSA) is 55.9 Å². The molecule has 7 heteroatoms. The van der Waals surface area contributed by atoms with Crippen molar-refractivity contribution in [3.8, 4) is 0 Å². The molecule has 2 heterocycles. The third kappa shape index (κ3) is 4.66. The third-order valence-corrected chi connectivity index (χ3v) is 7.44. The van der Waals surface area contributed by atoms with E-state index >= 15 is 0 Å². The molecule has 0 unspecified atom stereocenters. The summed E-state index contributed by atoms with van der Waals surface area (Å²) in [5, 5.41) is 3.89. The minimum atomic E-state index is -0.290. The van der Waals surface area contributed by atoms with Crippen LogP contribution in [0.3, 0.4) is 0 Å². The average molecular weight is 433 g/mol. The SMILES string of the molecule is CN1CCN(C2(CNC(=O)[C@H]3CC(=O)N(c4ccc(Cl)cc4)C3)CCCCC2)CC1. The fraction of sp³-hybridized carbons (Fsp3) is 0.652. The molecule has 3 aliphatic rings. The molecule has 2 saturated heterocycles. The molecule has 0 spiro atoms. The van der Waals surface area contributed by atoms with Crippen LogP contribution in [-0.2, 0) is 9.59 Å². The molecular weight excluding hydrogens is 400 g/mol. The number of carbonyl (C=O) groups excluding carboxylic acids is 2. The molecule has 0 aromatic heterocycles. The maximum atomic E-state index is 13.0. The minimum absolute atomic E-state index is 0.00363. The van der Waals surface area contributed by atoms with Crippen molar-refractivity contribution in [3.63, 3.8) is 0 Å². The lowest BCUT2D eigenvalue weighted by Crippen LogP contribution is -2.61. The fourth-order valence-corrected chi connectivity index (χ4v) is 5.37. The summed E-state index contributed by atoms with van der Waals surface area (Å²) in [4.78, 5) is 32.2. The molecule has 4 rings (SSSR count). The Bertz CT molecular complexity index is 755. The van der Waals surface area contributed by atoms with Crippen LogP contribution in [0.15, 0.2) is 24.3 Å². The van der Waals surface area contributed by atoms with Crippen LogP contribution in [0.2, 0.25) is 5.02 Å². The van der Waals surface area contributed by atoms with E-state index in [0.29, 0.717) is 18.1 Å². The van der Waals surface area contributed by atoms with Gasteiger partial charge in [0.05, 0.1) is 5.92 Å². The highest BCUT2D eigenvalue weighted by atomic mass is 35.5. The first-order valence-electron chi connectivity index (χ1n) is 11.2. The molecule has 2 aliphatic heterocycles. The number of carbonyl (C=O) groups is 2. The van der Waals surface area contributed by atoms with Crippen LogP contribution in [0.5, 0.6) is 0 Å². The van der Waals surface area contributed by atoms with Gasteiger partial charge in [0.1, 0.15) is 0 Å². The van der Waals surface area contributed by atoms with Gasteiger partial charge in [-0.05, 0) is 44.2 Å². The number of hydrogen-bond acceptors (Lipinski definition) is 4. The smallest absolute Gasteiger partial charge is 0.227 e. The van der Waals surface area contributed by atoms with Crippen molar-refractivity contribution in [1.29, 1.82) is 0 Å². The van der Waals surface area contributed by atoms with Gasteiger partial charge in [-0.25, -0.2) is 0 Å². The highest BCUT2D eigenvalue weighted by Gasteiger charge is 2.41. The van der Waals surface area contributed by atoms with Crippen molar-refractivity contribution in [2.24, 2.45) is 5.92 Å². The maximum Gasteiger partial charge on any atom is 0.227 e. The zero-order valence-corrected chi connectivity index (χ0v) is 18.7. The number of hydrogen-bond donors (Lipinski definition) is 1. The summed E-state index contributed by atoms with van der Waals surface area (Å²) in [6, 6.07) is 7.23. The maximum absolute atomic E-state index is 13.0. The molecule has 164 valence electrons. The first-order valence-corrected chi connectivity index (χ1v) is 11.6. The molecule has 1 N–H and O–H groups in total. The van der Waals surface area contributed by atoms with Crippen molar-refractivity contribution in [1.82, 2.24) is 15.1 Å². The van der Waals surface area contributed by atoms with E-state index in [9.17, 15) is 9.59 Å². The first-order chi connectivity index (χ1) is 14.5. The zero-order valence-electron chi connectivity index (χ0n) is 17.9. The zero-order chi connectivity index (χ0) is 21.1. The van der Waals surface area contributed by atoms with Gasteiger partial charge in [0.2, 0.25) is 11.8 Å². The van der Waals surface area contributed by atoms with Crippen LogP contribution in [-0.4, -0.2) is 73.5 Å². The van der Waals surface area contributed by atoms with E-state index < -0.39 is 0 Å². The lowest BCUT2D eigenvalue weighted by molar-refractivity contribution is -0.127. The van der Waals surface area contributed by atoms with E-state index in [1.165, 1.54) is 19.3 Å². The predicted octanol–water partition coefficient (Wildman–Crippen LogP) is 2.76. The lowest BCUT2D eigenvalue weighted by Gasteiger charge is -2.49. The van der Waals surface area contributed by atoms with Crippen LogP contribution in [0, 0.1) is 5.92 Å². The molecule has 1 aromatic carbocycles. The van der Waals surface area contributed by atoms with Gasteiger partial charge in [-0.3, -0.25) is 14.5 Å². The number of nitrogens with zero attached hydrogens (tertiary/aromatic N) is 3. The van der Waals surface area contributed by atoms with E-state index in [1.54, 1.807) is 17.0 Å². The van der Waals surface area contributed by atoms with Crippen molar-refractivity contribution in [3.05, 3.63) is 29.3 Å². The number of nitrogens with one attached hydrogen (secondary N) is 1. The number of benzene rings is 1. The normalized spacial score (nSPS) is 25.5. The minimum Gasteiger partial charge on any atom is -0.354 e. The van der Waals surface area contributed by atoms with Crippen LogP contribution in [0.4, 0.5) is 5.69 Å². The number of anilines is 1. The Labute approximate surface area is 184 Å². The Kier molecular flexibility index (Phi) is 6.66. The molecule has 6 nitrogen and oxygen atoms in total. The second kappa shape index (κ2) is 9.25. The standard InChI is InChI=1S/C23H33ClN4O2/c1-26-11-13-27(14-12-26)23(9-3-2-4-10-23)17-25-22(30)18-15-21(29)28(16-18)20-7-5-19(24)6-8-20/h5-8,18H,2-4,9-17H2,1H3,(H,25,30)/t18-/m0/s1. The van der Waals surface area contributed by atoms with E-state index in [4.69, 9.17) is 11.6 Å². The summed E-state index contributed by atoms with van der Waals surface area (Å²) in [6.07, 6.45) is 6.32. The molecule has 0 radical (unpaired) electrons. The molecule has 1 aromatic rings. The van der Waals surface area contributed by atoms with Crippen LogP contribution in [0.25, 0.3) is 0 Å². The van der Waals surface area contributed by atoms with Crippen molar-refractivity contribution >= 4 is 29.1 Å². The van der Waals surface area contributed by atoms with Gasteiger partial charge >= 0.3 is 0 Å². The molecule has 1 saturated carbocycles. The van der Waals surface area contributed by atoms with Crippen LogP contribution in [0.1, 0.15) is 38.5 Å². The Morgan fingerprint density at radius 2 is 1.77 bits per heavy atom. The fourth-order valence-electron chi connectivity index (χ4n) is 5.25. The van der Waals surface area contributed by atoms with Gasteiger partial charge in [-0.15, -0.1) is 0 Å². The number of halogens is 1. The van der Waals surface area contributed by atoms with Gasteiger partial charge in [0, 0.05) is 61.9 Å². The third-order valence-electron chi connectivity index (χ3n) is 7.18. The Hall–Kier alpha value is -1.63. The highest BCUT2D eigenvalue weighted by Crippen LogP contribution is 2.34. The molecule has 2 amide bonds. The van der Waals surface area contributed by atoms with Crippen LogP contribution < -0.4 is 10.2 Å². The van der Waals surface area contributed by atoms with E-state index in [-0.39, 0.29) is 29.7 Å². The van der Waals surface area contributed by atoms with E-state index in [0.717, 1.165) is 44.7 Å². The average Bonchev–Trinajstić information content (AvgIpc) is 3.15. The molecule has 0 bridgehead atoms. The molecule has 1 aliphatic carbocycles. The Balaban J connectivity index is 1.38. The van der Waals surface area contributed by atoms with Gasteiger partial charge in [0.25, 0.3) is 0 Å². The molecule has 1 atom stereocenters. The first kappa shape index (κ1) is 21.6. The van der Waals surface area contributed by atoms with E-state index in [2.05, 4.69) is 22.2 Å². The summed E-state index contributed by atoms with van der Waals surface area (Å²) < 4.78 is 0. The van der Waals surface area contributed by atoms with Crippen LogP contribution >= 0.6 is 11.6 Å². The summed E-state index contributed by atoms with van der Waals surface area (Å²) in [7, 11) is 2.18. The number of rotatable bonds is 5. The number of likely N-dealkylation sites (N-methyl/N-ethyl adjacent to an activating group) is 1. The Morgan fingerprint density at radius 1 is 1.10 bits per heavy atom. The van der Waals surface area contributed by atoms with Gasteiger partial charge < -0.3 is 15.1 Å². The van der Waals surface area contributed by atoms with Gasteiger partial charge in [-0.1, -0.05) is 30.9 Å². The van der Waals surface area contributed by atoms with Gasteiger partial charge in [0.15, 0.2) is 0 Å².